The summed E-state index contributed by atoms with van der Waals surface area (Å²) in [7, 11) is 0. The fourth-order valence-corrected chi connectivity index (χ4v) is 3.63. The van der Waals surface area contributed by atoms with Gasteiger partial charge in [-0.2, -0.15) is 10.5 Å². The highest BCUT2D eigenvalue weighted by Crippen LogP contribution is 2.27. The summed E-state index contributed by atoms with van der Waals surface area (Å²) in [6.07, 6.45) is 2.08. The Kier molecular flexibility index (Phi) is 7.11. The van der Waals surface area contributed by atoms with E-state index in [1.807, 2.05) is 24.3 Å². The molecule has 166 valence electrons. The Morgan fingerprint density at radius 1 is 1.06 bits per heavy atom. The largest absolute Gasteiger partial charge is 0.381 e. The molecule has 2 heterocycles. The topological polar surface area (TPSA) is 124 Å². The summed E-state index contributed by atoms with van der Waals surface area (Å²) in [4.78, 5) is 12.3. The Bertz CT molecular complexity index is 1170. The van der Waals surface area contributed by atoms with E-state index in [9.17, 15) is 4.79 Å². The summed E-state index contributed by atoms with van der Waals surface area (Å²) in [6.45, 7) is 2.44. The molecule has 1 aromatic heterocycles. The Morgan fingerprint density at radius 2 is 1.82 bits per heavy atom. The first-order chi connectivity index (χ1) is 16.2. The SMILES string of the molecule is N#CC(C#N)NC(=O)c1cccc(-c2cc(-c3ccc(CNC4CCOCC4)cc3)on2)c1. The summed E-state index contributed by atoms with van der Waals surface area (Å²) < 4.78 is 10.9. The number of ether oxygens (including phenoxy) is 1. The van der Waals surface area contributed by atoms with Crippen molar-refractivity contribution in [1.29, 1.82) is 10.5 Å². The predicted octanol–water partition coefficient (Wildman–Crippen LogP) is 3.42. The fourth-order valence-electron chi connectivity index (χ4n) is 3.63. The van der Waals surface area contributed by atoms with Crippen molar-refractivity contribution in [2.75, 3.05) is 13.2 Å². The monoisotopic (exact) mass is 441 g/mol. The zero-order valence-electron chi connectivity index (χ0n) is 18.0. The summed E-state index contributed by atoms with van der Waals surface area (Å²) in [5, 5.41) is 27.8. The van der Waals surface area contributed by atoms with E-state index in [1.165, 1.54) is 5.56 Å². The molecule has 33 heavy (non-hydrogen) atoms. The van der Waals surface area contributed by atoms with Gasteiger partial charge in [0.05, 0.1) is 0 Å². The van der Waals surface area contributed by atoms with Crippen molar-refractivity contribution in [1.82, 2.24) is 15.8 Å². The first kappa shape index (κ1) is 22.2. The molecular formula is C25H23N5O3. The molecule has 8 nitrogen and oxygen atoms in total. The van der Waals surface area contributed by atoms with Gasteiger partial charge in [-0.05, 0) is 30.5 Å². The molecule has 0 radical (unpaired) electrons. The van der Waals surface area contributed by atoms with Gasteiger partial charge in [0.1, 0.15) is 17.8 Å². The third-order valence-corrected chi connectivity index (χ3v) is 5.52. The van der Waals surface area contributed by atoms with E-state index in [4.69, 9.17) is 19.8 Å². The minimum atomic E-state index is -1.20. The maximum absolute atomic E-state index is 12.3. The second-order valence-corrected chi connectivity index (χ2v) is 7.79. The highest BCUT2D eigenvalue weighted by Gasteiger charge is 2.15. The number of hydrogen-bond acceptors (Lipinski definition) is 7. The smallest absolute Gasteiger partial charge is 0.253 e. The molecule has 8 heteroatoms. The van der Waals surface area contributed by atoms with Crippen LogP contribution in [0, 0.1) is 22.7 Å². The molecule has 0 spiro atoms. The van der Waals surface area contributed by atoms with Gasteiger partial charge < -0.3 is 19.9 Å². The Morgan fingerprint density at radius 3 is 2.55 bits per heavy atom. The molecular weight excluding hydrogens is 418 g/mol. The highest BCUT2D eigenvalue weighted by molar-refractivity contribution is 5.96. The van der Waals surface area contributed by atoms with Crippen LogP contribution in [0.15, 0.2) is 59.1 Å². The number of carbonyl (C=O) groups is 1. The maximum atomic E-state index is 12.3. The third kappa shape index (κ3) is 5.64. The van der Waals surface area contributed by atoms with Gasteiger partial charge in [0.2, 0.25) is 6.04 Å². The van der Waals surface area contributed by atoms with Crippen LogP contribution in [0.25, 0.3) is 22.6 Å². The number of hydrogen-bond donors (Lipinski definition) is 2. The van der Waals surface area contributed by atoms with E-state index < -0.39 is 11.9 Å². The molecule has 3 aromatic rings. The van der Waals surface area contributed by atoms with E-state index >= 15 is 0 Å². The van der Waals surface area contributed by atoms with E-state index in [1.54, 1.807) is 30.3 Å². The van der Waals surface area contributed by atoms with Gasteiger partial charge in [-0.3, -0.25) is 4.79 Å². The minimum Gasteiger partial charge on any atom is -0.381 e. The molecule has 0 bridgehead atoms. The first-order valence-corrected chi connectivity index (χ1v) is 10.7. The lowest BCUT2D eigenvalue weighted by Gasteiger charge is -2.23. The summed E-state index contributed by atoms with van der Waals surface area (Å²) in [5.74, 6) is 0.122. The lowest BCUT2D eigenvalue weighted by molar-refractivity contribution is 0.0776. The fraction of sp³-hybridized carbons (Fsp3) is 0.280. The molecule has 2 N–H and O–H groups in total. The van der Waals surface area contributed by atoms with Crippen LogP contribution >= 0.6 is 0 Å². The van der Waals surface area contributed by atoms with E-state index in [0.29, 0.717) is 28.6 Å². The second-order valence-electron chi connectivity index (χ2n) is 7.79. The first-order valence-electron chi connectivity index (χ1n) is 10.7. The maximum Gasteiger partial charge on any atom is 0.253 e. The average molecular weight is 441 g/mol. The third-order valence-electron chi connectivity index (χ3n) is 5.52. The van der Waals surface area contributed by atoms with Gasteiger partial charge in [-0.1, -0.05) is 41.6 Å². The summed E-state index contributed by atoms with van der Waals surface area (Å²) >= 11 is 0. The molecule has 4 rings (SSSR count). The predicted molar refractivity (Wildman–Crippen MR) is 121 cm³/mol. The number of aromatic nitrogens is 1. The van der Waals surface area contributed by atoms with Crippen molar-refractivity contribution in [3.63, 3.8) is 0 Å². The van der Waals surface area contributed by atoms with Crippen LogP contribution in [0.3, 0.4) is 0 Å². The normalized spacial score (nSPS) is 13.9. The lowest BCUT2D eigenvalue weighted by Crippen LogP contribution is -2.34. The van der Waals surface area contributed by atoms with E-state index in [-0.39, 0.29) is 0 Å². The van der Waals surface area contributed by atoms with Crippen LogP contribution in [-0.2, 0) is 11.3 Å². The number of rotatable bonds is 7. The van der Waals surface area contributed by atoms with Crippen molar-refractivity contribution in [3.05, 3.63) is 65.7 Å². The van der Waals surface area contributed by atoms with Gasteiger partial charge in [0, 0.05) is 48.6 Å². The van der Waals surface area contributed by atoms with Crippen LogP contribution in [-0.4, -0.2) is 36.4 Å². The van der Waals surface area contributed by atoms with Gasteiger partial charge in [0.25, 0.3) is 5.91 Å². The highest BCUT2D eigenvalue weighted by atomic mass is 16.5. The van der Waals surface area contributed by atoms with Crippen LogP contribution in [0.4, 0.5) is 0 Å². The van der Waals surface area contributed by atoms with Gasteiger partial charge in [-0.15, -0.1) is 0 Å². The van der Waals surface area contributed by atoms with Crippen molar-refractivity contribution in [2.24, 2.45) is 0 Å². The van der Waals surface area contributed by atoms with Crippen LogP contribution in [0.2, 0.25) is 0 Å². The molecule has 1 aliphatic heterocycles. The van der Waals surface area contributed by atoms with E-state index in [2.05, 4.69) is 27.9 Å². The number of carbonyl (C=O) groups excluding carboxylic acids is 1. The number of nitrogens with one attached hydrogen (secondary N) is 2. The standard InChI is InChI=1S/C25H23N5O3/c26-14-22(15-27)29-25(31)20-3-1-2-19(12-20)23-13-24(33-30-23)18-6-4-17(5-7-18)16-28-21-8-10-32-11-9-21/h1-7,12-13,21-22,28H,8-11,16H2,(H,29,31). The Hall–Kier alpha value is -3.98. The minimum absolute atomic E-state index is 0.328. The zero-order chi connectivity index (χ0) is 23.0. The summed E-state index contributed by atoms with van der Waals surface area (Å²) in [5.41, 5.74) is 3.71. The second kappa shape index (κ2) is 10.6. The molecule has 1 amide bonds. The average Bonchev–Trinajstić information content (AvgIpc) is 3.37. The Balaban J connectivity index is 1.42. The molecule has 0 atom stereocenters. The van der Waals surface area contributed by atoms with Crippen LogP contribution in [0.5, 0.6) is 0 Å². The zero-order valence-corrected chi connectivity index (χ0v) is 18.0. The van der Waals surface area contributed by atoms with Crippen molar-refractivity contribution in [2.45, 2.75) is 31.5 Å². The van der Waals surface area contributed by atoms with Crippen molar-refractivity contribution >= 4 is 5.91 Å². The van der Waals surface area contributed by atoms with Crippen molar-refractivity contribution in [3.8, 4) is 34.7 Å². The number of nitrogens with zero attached hydrogens (tertiary/aromatic N) is 3. The molecule has 0 aliphatic carbocycles. The molecule has 1 saturated heterocycles. The van der Waals surface area contributed by atoms with Gasteiger partial charge in [-0.25, -0.2) is 0 Å². The van der Waals surface area contributed by atoms with Gasteiger partial charge >= 0.3 is 0 Å². The van der Waals surface area contributed by atoms with Crippen molar-refractivity contribution < 1.29 is 14.1 Å². The molecule has 0 saturated carbocycles. The number of benzene rings is 2. The van der Waals surface area contributed by atoms with Crippen LogP contribution < -0.4 is 10.6 Å². The lowest BCUT2D eigenvalue weighted by atomic mass is 10.0. The quantitative estimate of drug-likeness (QED) is 0.576. The molecule has 2 aromatic carbocycles. The number of nitriles is 2. The molecule has 1 fully saturated rings. The Labute approximate surface area is 191 Å². The molecule has 0 unspecified atom stereocenters. The van der Waals surface area contributed by atoms with Crippen LogP contribution in [0.1, 0.15) is 28.8 Å². The molecule has 1 aliphatic rings. The van der Waals surface area contributed by atoms with E-state index in [0.717, 1.165) is 38.2 Å². The summed E-state index contributed by atoms with van der Waals surface area (Å²) in [6, 6.07) is 19.5. The van der Waals surface area contributed by atoms with Gasteiger partial charge in [0.15, 0.2) is 5.76 Å². The number of amides is 1.